The molecule has 2 aromatic rings. The molecule has 0 spiro atoms. The molecule has 1 aliphatic heterocycles. The van der Waals surface area contributed by atoms with Gasteiger partial charge < -0.3 is 14.7 Å². The van der Waals surface area contributed by atoms with Crippen LogP contribution in [-0.4, -0.2) is 46.8 Å². The summed E-state index contributed by atoms with van der Waals surface area (Å²) in [5.41, 5.74) is 2.21. The first-order valence-corrected chi connectivity index (χ1v) is 10.1. The highest BCUT2D eigenvalue weighted by atomic mass is 16.5. The Morgan fingerprint density at radius 2 is 1.69 bits per heavy atom. The number of carboxylic acid groups (broad SMARTS) is 1. The molecule has 2 aromatic carbocycles. The van der Waals surface area contributed by atoms with Crippen LogP contribution in [0.2, 0.25) is 0 Å². The van der Waals surface area contributed by atoms with Crippen LogP contribution in [0.25, 0.3) is 0 Å². The zero-order chi connectivity index (χ0) is 23.3. The fourth-order valence-corrected chi connectivity index (χ4v) is 3.52. The Morgan fingerprint density at radius 3 is 2.25 bits per heavy atom. The molecular formula is C24H24N2O6. The molecule has 8 heteroatoms. The number of ether oxygens (including phenoxy) is 1. The quantitative estimate of drug-likeness (QED) is 0.504. The van der Waals surface area contributed by atoms with Gasteiger partial charge in [-0.05, 0) is 41.8 Å². The second-order valence-corrected chi connectivity index (χ2v) is 7.29. The highest BCUT2D eigenvalue weighted by Gasteiger charge is 2.44. The van der Waals surface area contributed by atoms with Crippen LogP contribution in [0.3, 0.4) is 0 Å². The third kappa shape index (κ3) is 5.03. The van der Waals surface area contributed by atoms with E-state index in [1.54, 1.807) is 36.4 Å². The summed E-state index contributed by atoms with van der Waals surface area (Å²) >= 11 is 0. The van der Waals surface area contributed by atoms with Crippen molar-refractivity contribution in [2.75, 3.05) is 12.0 Å². The second-order valence-electron chi connectivity index (χ2n) is 7.29. The molecule has 1 N–H and O–H groups in total. The SMILES string of the molecule is CCc1ccc(N2C(=O)C[C@@H](N(Cc3ccc(OC)cc3)C(=O)/C=C/C(=O)O)C2=O)cc1. The van der Waals surface area contributed by atoms with E-state index in [9.17, 15) is 19.2 Å². The smallest absolute Gasteiger partial charge is 0.328 e. The van der Waals surface area contributed by atoms with Crippen LogP contribution in [0.4, 0.5) is 5.69 Å². The zero-order valence-electron chi connectivity index (χ0n) is 17.9. The van der Waals surface area contributed by atoms with Crippen molar-refractivity contribution in [1.82, 2.24) is 4.90 Å². The van der Waals surface area contributed by atoms with Crippen molar-refractivity contribution in [3.8, 4) is 5.75 Å². The van der Waals surface area contributed by atoms with Crippen LogP contribution in [0.1, 0.15) is 24.5 Å². The molecule has 32 heavy (non-hydrogen) atoms. The molecule has 3 amide bonds. The van der Waals surface area contributed by atoms with Gasteiger partial charge in [-0.25, -0.2) is 9.69 Å². The number of hydrogen-bond acceptors (Lipinski definition) is 5. The van der Waals surface area contributed by atoms with E-state index in [0.29, 0.717) is 23.1 Å². The second kappa shape index (κ2) is 9.91. The number of anilines is 1. The van der Waals surface area contributed by atoms with E-state index in [4.69, 9.17) is 9.84 Å². The highest BCUT2D eigenvalue weighted by molar-refractivity contribution is 6.23. The van der Waals surface area contributed by atoms with Gasteiger partial charge in [-0.1, -0.05) is 31.2 Å². The molecule has 0 radical (unpaired) electrons. The number of carboxylic acids is 1. The molecule has 1 atom stereocenters. The van der Waals surface area contributed by atoms with E-state index < -0.39 is 29.7 Å². The van der Waals surface area contributed by atoms with Crippen LogP contribution in [0, 0.1) is 0 Å². The number of imide groups is 1. The molecule has 1 fully saturated rings. The summed E-state index contributed by atoms with van der Waals surface area (Å²) in [4.78, 5) is 51.9. The molecule has 166 valence electrons. The lowest BCUT2D eigenvalue weighted by Gasteiger charge is -2.27. The van der Waals surface area contributed by atoms with Crippen molar-refractivity contribution in [1.29, 1.82) is 0 Å². The van der Waals surface area contributed by atoms with Crippen molar-refractivity contribution in [3.63, 3.8) is 0 Å². The predicted octanol–water partition coefficient (Wildman–Crippen LogP) is 2.56. The van der Waals surface area contributed by atoms with Crippen molar-refractivity contribution >= 4 is 29.4 Å². The van der Waals surface area contributed by atoms with E-state index in [1.807, 2.05) is 19.1 Å². The Kier molecular flexibility index (Phi) is 7.04. The monoisotopic (exact) mass is 436 g/mol. The van der Waals surface area contributed by atoms with Gasteiger partial charge in [-0.2, -0.15) is 0 Å². The molecule has 0 bridgehead atoms. The number of aryl methyl sites for hydroxylation is 1. The summed E-state index contributed by atoms with van der Waals surface area (Å²) in [5.74, 6) is -2.26. The minimum Gasteiger partial charge on any atom is -0.497 e. The first-order chi connectivity index (χ1) is 15.3. The number of methoxy groups -OCH3 is 1. The molecule has 1 saturated heterocycles. The maximum absolute atomic E-state index is 13.2. The summed E-state index contributed by atoms with van der Waals surface area (Å²) in [6.07, 6.45) is 2.25. The average molecular weight is 436 g/mol. The Hall–Kier alpha value is -3.94. The third-order valence-corrected chi connectivity index (χ3v) is 5.27. The van der Waals surface area contributed by atoms with E-state index in [-0.39, 0.29) is 13.0 Å². The molecule has 1 aliphatic rings. The standard InChI is InChI=1S/C24H24N2O6/c1-3-16-4-8-18(9-5-16)26-22(28)14-20(24(26)31)25(21(27)12-13-23(29)30)15-17-6-10-19(32-2)11-7-17/h4-13,20H,3,14-15H2,1-2H3,(H,29,30)/b13-12+/t20-/m1/s1. The van der Waals surface area contributed by atoms with Gasteiger partial charge in [0.2, 0.25) is 11.8 Å². The minimum atomic E-state index is -1.28. The van der Waals surface area contributed by atoms with Crippen molar-refractivity contribution in [3.05, 3.63) is 71.8 Å². The summed E-state index contributed by atoms with van der Waals surface area (Å²) in [6.45, 7) is 2.03. The number of nitrogens with zero attached hydrogens (tertiary/aromatic N) is 2. The van der Waals surface area contributed by atoms with E-state index >= 15 is 0 Å². The Balaban J connectivity index is 1.90. The Morgan fingerprint density at radius 1 is 1.06 bits per heavy atom. The normalized spacial score (nSPS) is 15.9. The van der Waals surface area contributed by atoms with Gasteiger partial charge in [0.25, 0.3) is 5.91 Å². The largest absolute Gasteiger partial charge is 0.497 e. The van der Waals surface area contributed by atoms with Crippen molar-refractivity contribution in [2.24, 2.45) is 0 Å². The number of rotatable bonds is 8. The lowest BCUT2D eigenvalue weighted by molar-refractivity contribution is -0.135. The molecule has 0 unspecified atom stereocenters. The van der Waals surface area contributed by atoms with E-state index in [1.165, 1.54) is 12.0 Å². The van der Waals surface area contributed by atoms with Gasteiger partial charge >= 0.3 is 5.97 Å². The molecule has 0 saturated carbocycles. The maximum atomic E-state index is 13.2. The molecule has 3 rings (SSSR count). The Labute approximate surface area is 185 Å². The van der Waals surface area contributed by atoms with Gasteiger partial charge in [0.15, 0.2) is 0 Å². The lowest BCUT2D eigenvalue weighted by atomic mass is 10.1. The minimum absolute atomic E-state index is 0.0269. The number of amides is 3. The van der Waals surface area contributed by atoms with Crippen LogP contribution in [-0.2, 0) is 32.1 Å². The summed E-state index contributed by atoms with van der Waals surface area (Å²) in [7, 11) is 1.53. The topological polar surface area (TPSA) is 104 Å². The van der Waals surface area contributed by atoms with Gasteiger partial charge in [0.1, 0.15) is 11.8 Å². The zero-order valence-corrected chi connectivity index (χ0v) is 17.9. The van der Waals surface area contributed by atoms with Gasteiger partial charge in [-0.3, -0.25) is 14.4 Å². The predicted molar refractivity (Wildman–Crippen MR) is 117 cm³/mol. The van der Waals surface area contributed by atoms with Gasteiger partial charge in [-0.15, -0.1) is 0 Å². The average Bonchev–Trinajstić information content (AvgIpc) is 3.09. The van der Waals surface area contributed by atoms with Crippen LogP contribution in [0.5, 0.6) is 5.75 Å². The van der Waals surface area contributed by atoms with Gasteiger partial charge in [0, 0.05) is 18.7 Å². The number of carbonyl (C=O) groups is 4. The molecule has 8 nitrogen and oxygen atoms in total. The highest BCUT2D eigenvalue weighted by Crippen LogP contribution is 2.27. The Bertz CT molecular complexity index is 1040. The van der Waals surface area contributed by atoms with Crippen molar-refractivity contribution in [2.45, 2.75) is 32.4 Å². The van der Waals surface area contributed by atoms with Crippen LogP contribution < -0.4 is 9.64 Å². The fraction of sp³-hybridized carbons (Fsp3) is 0.250. The van der Waals surface area contributed by atoms with Gasteiger partial charge in [0.05, 0.1) is 19.2 Å². The third-order valence-electron chi connectivity index (χ3n) is 5.27. The summed E-state index contributed by atoms with van der Waals surface area (Å²) in [5, 5.41) is 8.88. The van der Waals surface area contributed by atoms with E-state index in [0.717, 1.165) is 23.0 Å². The fourth-order valence-electron chi connectivity index (χ4n) is 3.52. The van der Waals surface area contributed by atoms with Crippen LogP contribution >= 0.6 is 0 Å². The van der Waals surface area contributed by atoms with Crippen LogP contribution in [0.15, 0.2) is 60.7 Å². The number of aliphatic carboxylic acids is 1. The summed E-state index contributed by atoms with van der Waals surface area (Å²) in [6, 6.07) is 13.0. The molecule has 0 aliphatic carbocycles. The molecule has 0 aromatic heterocycles. The van der Waals surface area contributed by atoms with E-state index in [2.05, 4.69) is 0 Å². The first-order valence-electron chi connectivity index (χ1n) is 10.1. The number of carbonyl (C=O) groups excluding carboxylic acids is 3. The number of hydrogen-bond donors (Lipinski definition) is 1. The first kappa shape index (κ1) is 22.7. The maximum Gasteiger partial charge on any atom is 0.328 e. The van der Waals surface area contributed by atoms with Crippen molar-refractivity contribution < 1.29 is 29.0 Å². The number of benzene rings is 2. The molecular weight excluding hydrogens is 412 g/mol. The lowest BCUT2D eigenvalue weighted by Crippen LogP contribution is -2.44. The molecule has 1 heterocycles. The summed E-state index contributed by atoms with van der Waals surface area (Å²) < 4.78 is 5.13.